The Kier molecular flexibility index (Phi) is 2.89. The first-order valence-corrected chi connectivity index (χ1v) is 6.54. The highest BCUT2D eigenvalue weighted by Crippen LogP contribution is 2.37. The van der Waals surface area contributed by atoms with E-state index in [-0.39, 0.29) is 11.6 Å². The van der Waals surface area contributed by atoms with Crippen LogP contribution in [0.4, 0.5) is 10.5 Å². The number of amides is 2. The molecule has 2 amide bonds. The van der Waals surface area contributed by atoms with Gasteiger partial charge in [-0.25, -0.2) is 9.59 Å². The minimum absolute atomic E-state index is 0.116. The molecule has 5 nitrogen and oxygen atoms in total. The quantitative estimate of drug-likeness (QED) is 0.857. The average molecular weight is 260 g/mol. The second-order valence-corrected chi connectivity index (χ2v) is 5.30. The zero-order valence-electron chi connectivity index (χ0n) is 10.5. The number of aromatic carboxylic acids is 1. The number of benzene rings is 1. The molecule has 2 unspecified atom stereocenters. The molecular formula is C14H16N2O3. The molecule has 100 valence electrons. The molecule has 3 rings (SSSR count). The van der Waals surface area contributed by atoms with Crippen LogP contribution in [0.2, 0.25) is 0 Å². The number of nitrogens with one attached hydrogen (secondary N) is 1. The maximum Gasteiger partial charge on any atom is 0.335 e. The molecule has 19 heavy (non-hydrogen) atoms. The number of hydrogen-bond acceptors (Lipinski definition) is 2. The lowest BCUT2D eigenvalue weighted by molar-refractivity contribution is 0.0697. The van der Waals surface area contributed by atoms with Crippen LogP contribution in [0.5, 0.6) is 0 Å². The molecule has 2 bridgehead atoms. The normalized spacial score (nSPS) is 24.5. The van der Waals surface area contributed by atoms with E-state index < -0.39 is 5.97 Å². The van der Waals surface area contributed by atoms with E-state index in [1.807, 2.05) is 4.90 Å². The molecule has 1 aromatic carbocycles. The predicted octanol–water partition coefficient (Wildman–Crippen LogP) is 2.40. The fourth-order valence-corrected chi connectivity index (χ4v) is 3.10. The fourth-order valence-electron chi connectivity index (χ4n) is 3.10. The van der Waals surface area contributed by atoms with Gasteiger partial charge in [-0.3, -0.25) is 0 Å². The number of rotatable bonds is 2. The first-order chi connectivity index (χ1) is 9.13. The minimum atomic E-state index is -0.990. The largest absolute Gasteiger partial charge is 0.478 e. The Balaban J connectivity index is 1.69. The number of piperidine rings is 1. The molecule has 1 aliphatic carbocycles. The number of hydrogen-bond donors (Lipinski definition) is 2. The van der Waals surface area contributed by atoms with Crippen LogP contribution in [0.25, 0.3) is 0 Å². The van der Waals surface area contributed by atoms with E-state index in [2.05, 4.69) is 5.32 Å². The lowest BCUT2D eigenvalue weighted by atomic mass is 10.1. The zero-order valence-corrected chi connectivity index (χ0v) is 10.5. The number of likely N-dealkylation sites (tertiary alicyclic amines) is 1. The van der Waals surface area contributed by atoms with Crippen molar-refractivity contribution in [2.75, 3.05) is 11.9 Å². The number of carboxylic acid groups (broad SMARTS) is 1. The van der Waals surface area contributed by atoms with Crippen LogP contribution in [0.15, 0.2) is 24.3 Å². The summed E-state index contributed by atoms with van der Waals surface area (Å²) < 4.78 is 0. The first kappa shape index (κ1) is 12.0. The number of carboxylic acids is 1. The number of nitrogens with zero attached hydrogens (tertiary/aromatic N) is 1. The maximum absolute atomic E-state index is 12.2. The summed E-state index contributed by atoms with van der Waals surface area (Å²) in [6.07, 6.45) is 3.43. The highest BCUT2D eigenvalue weighted by molar-refractivity contribution is 5.93. The van der Waals surface area contributed by atoms with Crippen molar-refractivity contribution in [2.24, 2.45) is 5.92 Å². The molecule has 0 aromatic heterocycles. The molecule has 0 radical (unpaired) electrons. The summed E-state index contributed by atoms with van der Waals surface area (Å²) in [4.78, 5) is 24.9. The summed E-state index contributed by atoms with van der Waals surface area (Å²) in [5.74, 6) is -0.336. The monoisotopic (exact) mass is 260 g/mol. The second-order valence-electron chi connectivity index (χ2n) is 5.30. The highest BCUT2D eigenvalue weighted by Gasteiger charge is 2.40. The average Bonchev–Trinajstić information content (AvgIpc) is 3.01. The zero-order chi connectivity index (χ0) is 13.4. The van der Waals surface area contributed by atoms with Gasteiger partial charge in [0.15, 0.2) is 0 Å². The molecule has 1 aromatic rings. The fraction of sp³-hybridized carbons (Fsp3) is 0.429. The summed E-state index contributed by atoms with van der Waals surface area (Å²) >= 11 is 0. The Bertz CT molecular complexity index is 529. The molecule has 2 atom stereocenters. The number of carbonyl (C=O) groups is 2. The molecule has 2 N–H and O–H groups in total. The van der Waals surface area contributed by atoms with Crippen molar-refractivity contribution in [1.29, 1.82) is 0 Å². The molecule has 1 heterocycles. The van der Waals surface area contributed by atoms with Gasteiger partial charge in [0.1, 0.15) is 0 Å². The summed E-state index contributed by atoms with van der Waals surface area (Å²) in [6.45, 7) is 0.828. The van der Waals surface area contributed by atoms with Gasteiger partial charge in [-0.1, -0.05) is 6.07 Å². The van der Waals surface area contributed by atoms with E-state index in [1.165, 1.54) is 18.6 Å². The minimum Gasteiger partial charge on any atom is -0.478 e. The van der Waals surface area contributed by atoms with Crippen LogP contribution >= 0.6 is 0 Å². The molecule has 5 heteroatoms. The van der Waals surface area contributed by atoms with E-state index in [9.17, 15) is 9.59 Å². The molecule has 1 saturated carbocycles. The van der Waals surface area contributed by atoms with Crippen molar-refractivity contribution in [3.63, 3.8) is 0 Å². The van der Waals surface area contributed by atoms with Crippen LogP contribution in [0, 0.1) is 5.92 Å². The van der Waals surface area contributed by atoms with E-state index in [1.54, 1.807) is 12.1 Å². The number of carbonyl (C=O) groups excluding carboxylic acids is 1. The van der Waals surface area contributed by atoms with Gasteiger partial charge in [0, 0.05) is 18.3 Å². The van der Waals surface area contributed by atoms with Gasteiger partial charge in [-0.2, -0.15) is 0 Å². The third-order valence-corrected chi connectivity index (χ3v) is 4.03. The van der Waals surface area contributed by atoms with Gasteiger partial charge in [0.05, 0.1) is 5.56 Å². The van der Waals surface area contributed by atoms with Gasteiger partial charge in [-0.15, -0.1) is 0 Å². The summed E-state index contributed by atoms with van der Waals surface area (Å²) in [6, 6.07) is 6.58. The summed E-state index contributed by atoms with van der Waals surface area (Å²) in [5, 5.41) is 11.7. The Labute approximate surface area is 111 Å². The van der Waals surface area contributed by atoms with Crippen molar-refractivity contribution >= 4 is 17.7 Å². The van der Waals surface area contributed by atoms with Gasteiger partial charge in [-0.05, 0) is 43.4 Å². The van der Waals surface area contributed by atoms with Crippen LogP contribution in [-0.2, 0) is 0 Å². The molecule has 1 aliphatic heterocycles. The smallest absolute Gasteiger partial charge is 0.335 e. The van der Waals surface area contributed by atoms with Crippen molar-refractivity contribution < 1.29 is 14.7 Å². The van der Waals surface area contributed by atoms with Crippen LogP contribution < -0.4 is 5.32 Å². The summed E-state index contributed by atoms with van der Waals surface area (Å²) in [7, 11) is 0. The SMILES string of the molecule is O=C(O)c1cccc(NC(=O)N2CC3CCC2C3)c1. The third kappa shape index (κ3) is 2.28. The standard InChI is InChI=1S/C14H16N2O3/c17-13(18)10-2-1-3-11(7-10)15-14(19)16-8-9-4-5-12(16)6-9/h1-3,7,9,12H,4-6,8H2,(H,15,19)(H,17,18). The van der Waals surface area contributed by atoms with Gasteiger partial charge < -0.3 is 15.3 Å². The topological polar surface area (TPSA) is 69.6 Å². The summed E-state index contributed by atoms with van der Waals surface area (Å²) in [5.41, 5.74) is 0.716. The van der Waals surface area contributed by atoms with E-state index in [0.717, 1.165) is 19.4 Å². The van der Waals surface area contributed by atoms with Gasteiger partial charge in [0.25, 0.3) is 0 Å². The van der Waals surface area contributed by atoms with Crippen molar-refractivity contribution in [2.45, 2.75) is 25.3 Å². The lowest BCUT2D eigenvalue weighted by Gasteiger charge is -2.27. The number of urea groups is 1. The van der Waals surface area contributed by atoms with Crippen molar-refractivity contribution in [3.8, 4) is 0 Å². The van der Waals surface area contributed by atoms with Crippen LogP contribution in [-0.4, -0.2) is 34.6 Å². The van der Waals surface area contributed by atoms with Crippen molar-refractivity contribution in [3.05, 3.63) is 29.8 Å². The third-order valence-electron chi connectivity index (χ3n) is 4.03. The number of fused-ring (bicyclic) bond motifs is 2. The van der Waals surface area contributed by atoms with E-state index >= 15 is 0 Å². The molecular weight excluding hydrogens is 244 g/mol. The van der Waals surface area contributed by atoms with Crippen molar-refractivity contribution in [1.82, 2.24) is 4.90 Å². The molecule has 2 aliphatic rings. The van der Waals surface area contributed by atoms with Crippen LogP contribution in [0.1, 0.15) is 29.6 Å². The lowest BCUT2D eigenvalue weighted by Crippen LogP contribution is -2.40. The Morgan fingerprint density at radius 1 is 1.32 bits per heavy atom. The van der Waals surface area contributed by atoms with E-state index in [4.69, 9.17) is 5.11 Å². The van der Waals surface area contributed by atoms with E-state index in [0.29, 0.717) is 17.6 Å². The Morgan fingerprint density at radius 3 is 2.79 bits per heavy atom. The Hall–Kier alpha value is -2.04. The maximum atomic E-state index is 12.2. The Morgan fingerprint density at radius 2 is 2.16 bits per heavy atom. The molecule has 0 spiro atoms. The predicted molar refractivity (Wildman–Crippen MR) is 70.3 cm³/mol. The van der Waals surface area contributed by atoms with Crippen LogP contribution in [0.3, 0.4) is 0 Å². The molecule has 2 fully saturated rings. The second kappa shape index (κ2) is 4.57. The van der Waals surface area contributed by atoms with Gasteiger partial charge >= 0.3 is 12.0 Å². The van der Waals surface area contributed by atoms with Gasteiger partial charge in [0.2, 0.25) is 0 Å². The molecule has 1 saturated heterocycles. The number of anilines is 1. The highest BCUT2D eigenvalue weighted by atomic mass is 16.4. The first-order valence-electron chi connectivity index (χ1n) is 6.54.